The number of aromatic hydroxyl groups is 2. The van der Waals surface area contributed by atoms with E-state index in [0.717, 1.165) is 6.07 Å². The minimum Gasteiger partial charge on any atom is -0.505 e. The fourth-order valence-electron chi connectivity index (χ4n) is 4.70. The van der Waals surface area contributed by atoms with E-state index in [2.05, 4.69) is 10.5 Å². The first-order chi connectivity index (χ1) is 18.8. The number of nitrogens with zero attached hydrogens (tertiary/aromatic N) is 1. The van der Waals surface area contributed by atoms with Crippen molar-refractivity contribution in [1.82, 2.24) is 0 Å². The minimum atomic E-state index is -1.01. The first-order valence-electron chi connectivity index (χ1n) is 12.8. The van der Waals surface area contributed by atoms with Gasteiger partial charge in [-0.3, -0.25) is 4.79 Å². The van der Waals surface area contributed by atoms with Crippen LogP contribution < -0.4 is 11.1 Å². The lowest BCUT2D eigenvalue weighted by Gasteiger charge is -2.29. The topological polar surface area (TPSA) is 190 Å². The monoisotopic (exact) mass is 561 g/mol. The summed E-state index contributed by atoms with van der Waals surface area (Å²) in [7, 11) is 2.88. The number of methoxy groups -OCH3 is 2. The summed E-state index contributed by atoms with van der Waals surface area (Å²) in [6, 6.07) is 1.05. The van der Waals surface area contributed by atoms with Crippen molar-refractivity contribution in [2.45, 2.75) is 65.0 Å². The number of carbonyl (C=O) groups excluding carboxylic acids is 2. The van der Waals surface area contributed by atoms with Crippen molar-refractivity contribution in [3.05, 3.63) is 52.0 Å². The summed E-state index contributed by atoms with van der Waals surface area (Å²) in [5, 5.41) is 37.9. The SMILES string of the molecule is CO[C@H]1/C=C\C=C(/C)C(=O)Nc2cc(O)c(N=O)c(c2O)C[C@@H](C)C[C@H](OC)[C@H](O)[C@@H](C)/C=C(\C)[C@@H]1OC(N)=O. The molecule has 2 rings (SSSR count). The van der Waals surface area contributed by atoms with E-state index in [1.807, 2.05) is 6.92 Å². The Labute approximate surface area is 233 Å². The van der Waals surface area contributed by atoms with Crippen LogP contribution in [0.5, 0.6) is 11.5 Å². The highest BCUT2D eigenvalue weighted by molar-refractivity contribution is 6.04. The van der Waals surface area contributed by atoms with Crippen LogP contribution in [0.2, 0.25) is 0 Å². The third kappa shape index (κ3) is 8.13. The van der Waals surface area contributed by atoms with E-state index < -0.39 is 53.8 Å². The maximum Gasteiger partial charge on any atom is 0.405 e. The second kappa shape index (κ2) is 14.6. The highest BCUT2D eigenvalue weighted by atomic mass is 16.6. The van der Waals surface area contributed by atoms with Crippen molar-refractivity contribution in [3.8, 4) is 11.5 Å². The normalized spacial score (nSPS) is 30.2. The van der Waals surface area contributed by atoms with Crippen LogP contribution in [0.3, 0.4) is 0 Å². The van der Waals surface area contributed by atoms with Gasteiger partial charge in [-0.15, -0.1) is 4.91 Å². The van der Waals surface area contributed by atoms with Crippen molar-refractivity contribution >= 4 is 23.4 Å². The molecule has 1 aromatic rings. The third-order valence-corrected chi connectivity index (χ3v) is 6.89. The third-order valence-electron chi connectivity index (χ3n) is 6.89. The number of phenolic OH excluding ortho intramolecular Hbond substituents is 2. The summed E-state index contributed by atoms with van der Waals surface area (Å²) in [5.41, 5.74) is 5.73. The molecule has 0 unspecified atom stereocenters. The Bertz CT molecular complexity index is 1180. The van der Waals surface area contributed by atoms with Gasteiger partial charge in [-0.1, -0.05) is 38.2 Å². The molecule has 1 aromatic carbocycles. The summed E-state index contributed by atoms with van der Waals surface area (Å²) in [4.78, 5) is 36.1. The van der Waals surface area contributed by atoms with E-state index in [0.29, 0.717) is 12.0 Å². The number of nitrogens with two attached hydrogens (primary N) is 1. The van der Waals surface area contributed by atoms with Gasteiger partial charge in [0, 0.05) is 37.3 Å². The van der Waals surface area contributed by atoms with Gasteiger partial charge in [-0.2, -0.15) is 0 Å². The van der Waals surface area contributed by atoms with Gasteiger partial charge < -0.3 is 40.6 Å². The van der Waals surface area contributed by atoms with Gasteiger partial charge in [0.1, 0.15) is 17.6 Å². The molecular formula is C28H39N3O9. The number of hydrogen-bond acceptors (Lipinski definition) is 10. The maximum absolute atomic E-state index is 12.8. The van der Waals surface area contributed by atoms with Crippen LogP contribution >= 0.6 is 0 Å². The molecule has 12 heteroatoms. The number of benzene rings is 1. The number of amides is 2. The molecule has 0 aliphatic carbocycles. The van der Waals surface area contributed by atoms with Crippen molar-refractivity contribution in [1.29, 1.82) is 0 Å². The predicted molar refractivity (Wildman–Crippen MR) is 149 cm³/mol. The number of carbonyl (C=O) groups is 2. The van der Waals surface area contributed by atoms with Crippen LogP contribution in [0.1, 0.15) is 39.7 Å². The Hall–Kier alpha value is -3.74. The number of rotatable bonds is 4. The minimum absolute atomic E-state index is 0.0553. The molecule has 0 saturated heterocycles. The van der Waals surface area contributed by atoms with E-state index in [4.69, 9.17) is 19.9 Å². The summed E-state index contributed by atoms with van der Waals surface area (Å²) >= 11 is 0. The summed E-state index contributed by atoms with van der Waals surface area (Å²) in [5.74, 6) is -2.23. The van der Waals surface area contributed by atoms with Crippen LogP contribution in [0.4, 0.5) is 16.2 Å². The zero-order valence-corrected chi connectivity index (χ0v) is 23.6. The Morgan fingerprint density at radius 3 is 2.42 bits per heavy atom. The fourth-order valence-corrected chi connectivity index (χ4v) is 4.70. The number of nitrogens with one attached hydrogen (secondary N) is 1. The molecule has 0 aromatic heterocycles. The van der Waals surface area contributed by atoms with Gasteiger partial charge in [0.15, 0.2) is 11.8 Å². The van der Waals surface area contributed by atoms with Crippen LogP contribution in [0.25, 0.3) is 0 Å². The highest BCUT2D eigenvalue weighted by Gasteiger charge is 2.30. The van der Waals surface area contributed by atoms with Crippen molar-refractivity contribution in [2.24, 2.45) is 22.7 Å². The number of hydrogen-bond donors (Lipinski definition) is 5. The first-order valence-corrected chi connectivity index (χ1v) is 12.8. The summed E-state index contributed by atoms with van der Waals surface area (Å²) in [6.07, 6.45) is 2.34. The predicted octanol–water partition coefficient (Wildman–Crippen LogP) is 3.96. The molecule has 220 valence electrons. The number of aliphatic hydroxyl groups excluding tert-OH is 1. The molecule has 0 radical (unpaired) electrons. The average Bonchev–Trinajstić information content (AvgIpc) is 2.90. The first kappa shape index (κ1) is 32.5. The smallest absolute Gasteiger partial charge is 0.405 e. The molecule has 1 aliphatic heterocycles. The number of primary amides is 1. The van der Waals surface area contributed by atoms with Crippen LogP contribution in [0, 0.1) is 16.7 Å². The van der Waals surface area contributed by atoms with E-state index in [9.17, 15) is 29.8 Å². The molecule has 0 saturated carbocycles. The van der Waals surface area contributed by atoms with Crippen molar-refractivity contribution in [2.75, 3.05) is 19.5 Å². The van der Waals surface area contributed by atoms with Crippen molar-refractivity contribution < 1.29 is 39.1 Å². The average molecular weight is 562 g/mol. The van der Waals surface area contributed by atoms with Crippen LogP contribution in [0.15, 0.2) is 46.7 Å². The molecule has 1 aliphatic rings. The van der Waals surface area contributed by atoms with Gasteiger partial charge in [0.2, 0.25) is 0 Å². The molecule has 40 heavy (non-hydrogen) atoms. The molecule has 0 spiro atoms. The standard InChI is InChI=1S/C28H39N3O9/c1-14-10-18-23(31-37)20(32)13-19(25(18)34)30-27(35)15(2)8-7-9-21(38-5)26(40-28(29)36)17(4)12-16(3)24(33)22(11-14)39-6/h7-9,12-14,16,21-22,24,26,32-34H,10-11H2,1-6H3,(H2,29,36)(H,30,35)/b9-7-,15-8+,17-12+/t14-,16+,21+,22+,24-,26+/m1/s1. The molecule has 6 atom stereocenters. The van der Waals surface area contributed by atoms with Gasteiger partial charge in [0.05, 0.1) is 17.9 Å². The van der Waals surface area contributed by atoms with Gasteiger partial charge in [0.25, 0.3) is 5.91 Å². The maximum atomic E-state index is 12.8. The quantitative estimate of drug-likeness (QED) is 0.157. The Morgan fingerprint density at radius 2 is 1.85 bits per heavy atom. The van der Waals surface area contributed by atoms with E-state index >= 15 is 0 Å². The lowest BCUT2D eigenvalue weighted by molar-refractivity contribution is -0.112. The molecular weight excluding hydrogens is 522 g/mol. The second-order valence-electron chi connectivity index (χ2n) is 10.0. The number of anilines is 1. The fraction of sp³-hybridized carbons (Fsp3) is 0.500. The number of allylic oxidation sites excluding steroid dienone is 2. The Kier molecular flexibility index (Phi) is 11.8. The van der Waals surface area contributed by atoms with Crippen LogP contribution in [-0.2, 0) is 25.4 Å². The Morgan fingerprint density at radius 1 is 1.18 bits per heavy atom. The molecule has 0 fully saturated rings. The number of fused-ring (bicyclic) bond motifs is 2. The van der Waals surface area contributed by atoms with Gasteiger partial charge >= 0.3 is 6.09 Å². The molecule has 2 amide bonds. The Balaban J connectivity index is 2.66. The second-order valence-corrected chi connectivity index (χ2v) is 10.0. The zero-order chi connectivity index (χ0) is 30.1. The number of aliphatic hydroxyl groups is 1. The molecule has 12 nitrogen and oxygen atoms in total. The number of nitroso groups, excluding NO2 is 1. The van der Waals surface area contributed by atoms with Crippen LogP contribution in [-0.4, -0.2) is 66.0 Å². The van der Waals surface area contributed by atoms with E-state index in [-0.39, 0.29) is 34.9 Å². The lowest BCUT2D eigenvalue weighted by Crippen LogP contribution is -2.37. The summed E-state index contributed by atoms with van der Waals surface area (Å²) in [6.45, 7) is 6.84. The summed E-state index contributed by atoms with van der Waals surface area (Å²) < 4.78 is 16.4. The van der Waals surface area contributed by atoms with E-state index in [1.54, 1.807) is 26.0 Å². The van der Waals surface area contributed by atoms with Gasteiger partial charge in [-0.25, -0.2) is 4.79 Å². The largest absolute Gasteiger partial charge is 0.505 e. The number of phenols is 2. The molecule has 1 heterocycles. The van der Waals surface area contributed by atoms with Crippen molar-refractivity contribution in [3.63, 3.8) is 0 Å². The number of ether oxygens (including phenoxy) is 3. The lowest BCUT2D eigenvalue weighted by atomic mass is 9.87. The highest BCUT2D eigenvalue weighted by Crippen LogP contribution is 2.44. The van der Waals surface area contributed by atoms with Gasteiger partial charge in [-0.05, 0) is 43.4 Å². The van der Waals surface area contributed by atoms with E-state index in [1.165, 1.54) is 33.3 Å². The molecule has 2 bridgehead atoms. The zero-order valence-electron chi connectivity index (χ0n) is 23.6. The molecule has 6 N–H and O–H groups in total.